The van der Waals surface area contributed by atoms with Crippen molar-refractivity contribution in [3.8, 4) is 16.9 Å². The van der Waals surface area contributed by atoms with E-state index in [1.807, 2.05) is 24.3 Å². The Morgan fingerprint density at radius 3 is 2.55 bits per heavy atom. The Labute approximate surface area is 237 Å². The van der Waals surface area contributed by atoms with E-state index < -0.39 is 0 Å². The van der Waals surface area contributed by atoms with E-state index in [2.05, 4.69) is 15.6 Å². The van der Waals surface area contributed by atoms with Crippen LogP contribution in [0.3, 0.4) is 0 Å². The fourth-order valence-corrected chi connectivity index (χ4v) is 5.12. The molecule has 3 amide bonds. The van der Waals surface area contributed by atoms with Gasteiger partial charge in [-0.1, -0.05) is 29.8 Å². The monoisotopic (exact) mass is 558 g/mol. The number of phenolic OH excluding ortho intramolecular Hbond substituents is 1. The number of carbonyl (C=O) groups excluding carboxylic acids is 3. The third-order valence-corrected chi connectivity index (χ3v) is 7.29. The van der Waals surface area contributed by atoms with Crippen LogP contribution in [0.2, 0.25) is 5.02 Å². The van der Waals surface area contributed by atoms with Gasteiger partial charge < -0.3 is 25.6 Å². The summed E-state index contributed by atoms with van der Waals surface area (Å²) in [6.45, 7) is 1.64. The van der Waals surface area contributed by atoms with Crippen LogP contribution in [0.4, 0.5) is 0 Å². The number of hydrogen-bond donors (Lipinski definition) is 4. The van der Waals surface area contributed by atoms with E-state index in [1.54, 1.807) is 47.4 Å². The number of amides is 3. The normalized spacial score (nSPS) is 15.5. The van der Waals surface area contributed by atoms with Gasteiger partial charge in [-0.25, -0.2) is 0 Å². The Morgan fingerprint density at radius 1 is 0.850 bits per heavy atom. The van der Waals surface area contributed by atoms with Crippen molar-refractivity contribution in [2.24, 2.45) is 0 Å². The first-order valence-electron chi connectivity index (χ1n) is 13.4. The minimum Gasteiger partial charge on any atom is -0.507 e. The number of carbonyl (C=O) groups is 3. The molecule has 4 aromatic rings. The molecule has 9 heteroatoms. The molecule has 206 valence electrons. The van der Waals surface area contributed by atoms with E-state index >= 15 is 0 Å². The van der Waals surface area contributed by atoms with Crippen LogP contribution in [0, 0.1) is 0 Å². The Bertz CT molecular complexity index is 1560. The van der Waals surface area contributed by atoms with E-state index in [0.29, 0.717) is 67.3 Å². The average Bonchev–Trinajstić information content (AvgIpc) is 3.37. The Balaban J connectivity index is 1.34. The van der Waals surface area contributed by atoms with E-state index in [9.17, 15) is 19.5 Å². The number of nitrogens with zero attached hydrogens (tertiary/aromatic N) is 1. The predicted octanol–water partition coefficient (Wildman–Crippen LogP) is 4.91. The van der Waals surface area contributed by atoms with Crippen molar-refractivity contribution in [1.82, 2.24) is 20.5 Å². The number of aromatic amines is 1. The summed E-state index contributed by atoms with van der Waals surface area (Å²) in [6, 6.07) is 19.6. The number of fused-ring (bicyclic) bond motifs is 6. The molecular formula is C31H31ClN4O4. The van der Waals surface area contributed by atoms with Crippen LogP contribution in [0.5, 0.6) is 5.75 Å². The number of phenols is 1. The quantitative estimate of drug-likeness (QED) is 0.266. The third kappa shape index (κ3) is 6.46. The molecule has 5 rings (SSSR count). The molecule has 0 saturated carbocycles. The lowest BCUT2D eigenvalue weighted by Gasteiger charge is -2.22. The number of nitrogens with one attached hydrogen (secondary N) is 3. The van der Waals surface area contributed by atoms with Gasteiger partial charge in [0.05, 0.1) is 0 Å². The Hall–Kier alpha value is -4.30. The number of H-pyrrole nitrogens is 1. The maximum absolute atomic E-state index is 13.4. The summed E-state index contributed by atoms with van der Waals surface area (Å²) in [4.78, 5) is 43.8. The van der Waals surface area contributed by atoms with Crippen molar-refractivity contribution in [1.29, 1.82) is 0 Å². The first-order chi connectivity index (χ1) is 19.4. The SMILES string of the molecule is O=C1CCCN(C(=O)c2cc3cc(Cl)ccc3[nH]2)CCCNC(=O)c2cccc(c2)-c2cc(ccc2O)CCN1. The average molecular weight is 559 g/mol. The molecule has 2 heterocycles. The second kappa shape index (κ2) is 12.3. The summed E-state index contributed by atoms with van der Waals surface area (Å²) < 4.78 is 0. The second-order valence-electron chi connectivity index (χ2n) is 9.95. The van der Waals surface area contributed by atoms with Crippen LogP contribution >= 0.6 is 11.6 Å². The molecule has 1 aliphatic rings. The highest BCUT2D eigenvalue weighted by molar-refractivity contribution is 6.31. The van der Waals surface area contributed by atoms with Crippen LogP contribution in [0.15, 0.2) is 66.7 Å². The standard InChI is InChI=1S/C31H31ClN4O4/c32-24-8-9-26-23(18-24)19-27(35-26)31(40)36-14-2-6-29(38)33-13-11-20-7-10-28(37)25(16-20)21-4-1-5-22(17-21)30(39)34-12-3-15-36/h1,4-5,7-10,16-19,35,37H,2-3,6,11-15H2,(H,33,38)(H,34,39). The topological polar surface area (TPSA) is 115 Å². The molecule has 40 heavy (non-hydrogen) atoms. The summed E-state index contributed by atoms with van der Waals surface area (Å²) in [6.07, 6.45) is 1.92. The van der Waals surface area contributed by atoms with E-state index in [4.69, 9.17) is 11.6 Å². The number of aromatic nitrogens is 1. The van der Waals surface area contributed by atoms with Crippen LogP contribution in [-0.4, -0.2) is 58.9 Å². The van der Waals surface area contributed by atoms with Gasteiger partial charge in [0.15, 0.2) is 0 Å². The van der Waals surface area contributed by atoms with Crippen molar-refractivity contribution in [2.45, 2.75) is 25.7 Å². The lowest BCUT2D eigenvalue weighted by atomic mass is 9.98. The molecule has 8 nitrogen and oxygen atoms in total. The molecular weight excluding hydrogens is 528 g/mol. The Morgan fingerprint density at radius 2 is 1.68 bits per heavy atom. The Kier molecular flexibility index (Phi) is 8.36. The van der Waals surface area contributed by atoms with Crippen molar-refractivity contribution in [2.75, 3.05) is 26.2 Å². The first-order valence-corrected chi connectivity index (χ1v) is 13.8. The predicted molar refractivity (Wildman–Crippen MR) is 156 cm³/mol. The van der Waals surface area contributed by atoms with E-state index in [-0.39, 0.29) is 29.9 Å². The highest BCUT2D eigenvalue weighted by atomic mass is 35.5. The van der Waals surface area contributed by atoms with Gasteiger partial charge in [-0.05, 0) is 78.9 Å². The molecule has 4 bridgehead atoms. The lowest BCUT2D eigenvalue weighted by molar-refractivity contribution is -0.121. The van der Waals surface area contributed by atoms with Crippen LogP contribution < -0.4 is 10.6 Å². The highest BCUT2D eigenvalue weighted by Crippen LogP contribution is 2.31. The maximum atomic E-state index is 13.4. The van der Waals surface area contributed by atoms with Gasteiger partial charge in [0.1, 0.15) is 11.4 Å². The molecule has 1 aromatic heterocycles. The summed E-state index contributed by atoms with van der Waals surface area (Å²) in [5, 5.41) is 17.8. The number of aromatic hydroxyl groups is 1. The summed E-state index contributed by atoms with van der Waals surface area (Å²) in [5.74, 6) is -0.351. The zero-order valence-corrected chi connectivity index (χ0v) is 22.8. The summed E-state index contributed by atoms with van der Waals surface area (Å²) in [7, 11) is 0. The van der Waals surface area contributed by atoms with Crippen molar-refractivity contribution in [3.05, 3.63) is 88.6 Å². The van der Waals surface area contributed by atoms with Crippen LogP contribution in [-0.2, 0) is 11.2 Å². The minimum absolute atomic E-state index is 0.0791. The lowest BCUT2D eigenvalue weighted by Crippen LogP contribution is -2.36. The molecule has 0 spiro atoms. The van der Waals surface area contributed by atoms with Gasteiger partial charge >= 0.3 is 0 Å². The van der Waals surface area contributed by atoms with E-state index in [1.165, 1.54) is 0 Å². The van der Waals surface area contributed by atoms with Gasteiger partial charge in [-0.3, -0.25) is 14.4 Å². The minimum atomic E-state index is -0.226. The fourth-order valence-electron chi connectivity index (χ4n) is 4.94. The zero-order chi connectivity index (χ0) is 28.1. The summed E-state index contributed by atoms with van der Waals surface area (Å²) >= 11 is 6.11. The maximum Gasteiger partial charge on any atom is 0.270 e. The van der Waals surface area contributed by atoms with Gasteiger partial charge in [-0.2, -0.15) is 0 Å². The first kappa shape index (κ1) is 27.3. The molecule has 0 fully saturated rings. The molecule has 3 aromatic carbocycles. The number of rotatable bonds is 1. The smallest absolute Gasteiger partial charge is 0.270 e. The largest absolute Gasteiger partial charge is 0.507 e. The van der Waals surface area contributed by atoms with Gasteiger partial charge in [-0.15, -0.1) is 0 Å². The van der Waals surface area contributed by atoms with Crippen molar-refractivity contribution in [3.63, 3.8) is 0 Å². The molecule has 0 radical (unpaired) electrons. The summed E-state index contributed by atoms with van der Waals surface area (Å²) in [5.41, 5.74) is 4.06. The molecule has 0 atom stereocenters. The van der Waals surface area contributed by atoms with Crippen molar-refractivity contribution < 1.29 is 19.5 Å². The number of benzene rings is 3. The fraction of sp³-hybridized carbons (Fsp3) is 0.258. The second-order valence-corrected chi connectivity index (χ2v) is 10.4. The molecule has 0 aliphatic carbocycles. The van der Waals surface area contributed by atoms with Gasteiger partial charge in [0.2, 0.25) is 5.91 Å². The zero-order valence-electron chi connectivity index (χ0n) is 22.0. The van der Waals surface area contributed by atoms with Crippen LogP contribution in [0.25, 0.3) is 22.0 Å². The van der Waals surface area contributed by atoms with E-state index in [0.717, 1.165) is 22.0 Å². The van der Waals surface area contributed by atoms with Gasteiger partial charge in [0, 0.05) is 59.7 Å². The highest BCUT2D eigenvalue weighted by Gasteiger charge is 2.19. The van der Waals surface area contributed by atoms with Crippen LogP contribution in [0.1, 0.15) is 45.7 Å². The van der Waals surface area contributed by atoms with Crippen molar-refractivity contribution >= 4 is 40.2 Å². The van der Waals surface area contributed by atoms with Gasteiger partial charge in [0.25, 0.3) is 11.8 Å². The third-order valence-electron chi connectivity index (χ3n) is 7.06. The number of halogens is 1. The molecule has 0 saturated heterocycles. The molecule has 4 N–H and O–H groups in total. The molecule has 1 aliphatic heterocycles. The molecule has 0 unspecified atom stereocenters. The number of hydrogen-bond acceptors (Lipinski definition) is 4.